The highest BCUT2D eigenvalue weighted by atomic mass is 35.5. The number of thiazole rings is 1. The van der Waals surface area contributed by atoms with Gasteiger partial charge in [-0.2, -0.15) is 0 Å². The fraction of sp³-hybridized carbons (Fsp3) is 0.150. The molecule has 142 valence electrons. The van der Waals surface area contributed by atoms with E-state index in [1.54, 1.807) is 6.20 Å². The molecule has 4 rings (SSSR count). The number of halogens is 2. The summed E-state index contributed by atoms with van der Waals surface area (Å²) in [5.74, 6) is -0.123. The minimum Gasteiger partial charge on any atom is -0.278 e. The summed E-state index contributed by atoms with van der Waals surface area (Å²) in [6.07, 6.45) is 2.96. The van der Waals surface area contributed by atoms with Gasteiger partial charge in [0, 0.05) is 27.5 Å². The standard InChI is InChI=1S/C20H15Cl2N3OS2/c21-14-7-5-12(6-8-14)9-15-11-24-20(27-15)25-18(26)17(28-19(25)23)10-13-3-1-2-4-16(13)22/h1-8,11,17,23H,9-10H2/t17-/m0/s1. The van der Waals surface area contributed by atoms with E-state index in [1.165, 1.54) is 28.0 Å². The number of amidine groups is 1. The lowest BCUT2D eigenvalue weighted by Gasteiger charge is -2.12. The number of hydrogen-bond acceptors (Lipinski definition) is 5. The number of nitrogens with zero attached hydrogens (tertiary/aromatic N) is 2. The van der Waals surface area contributed by atoms with E-state index >= 15 is 0 Å². The lowest BCUT2D eigenvalue weighted by atomic mass is 10.1. The minimum absolute atomic E-state index is 0.123. The molecule has 0 bridgehead atoms. The summed E-state index contributed by atoms with van der Waals surface area (Å²) in [6, 6.07) is 15.1. The van der Waals surface area contributed by atoms with Gasteiger partial charge in [0.05, 0.1) is 5.25 Å². The number of thioether (sulfide) groups is 1. The van der Waals surface area contributed by atoms with Gasteiger partial charge >= 0.3 is 0 Å². The molecule has 0 radical (unpaired) electrons. The Morgan fingerprint density at radius 3 is 2.61 bits per heavy atom. The number of amides is 1. The predicted octanol–water partition coefficient (Wildman–Crippen LogP) is 5.67. The summed E-state index contributed by atoms with van der Waals surface area (Å²) < 4.78 is 0. The van der Waals surface area contributed by atoms with Gasteiger partial charge in [0.2, 0.25) is 5.91 Å². The predicted molar refractivity (Wildman–Crippen MR) is 118 cm³/mol. The van der Waals surface area contributed by atoms with Crippen molar-refractivity contribution in [1.82, 2.24) is 4.98 Å². The highest BCUT2D eigenvalue weighted by Crippen LogP contribution is 2.36. The SMILES string of the molecule is N=C1S[C@@H](Cc2ccccc2Cl)C(=O)N1c1ncc(Cc2ccc(Cl)cc2)s1. The first-order valence-corrected chi connectivity index (χ1v) is 11.0. The molecule has 28 heavy (non-hydrogen) atoms. The van der Waals surface area contributed by atoms with Crippen LogP contribution in [0.15, 0.2) is 54.7 Å². The maximum atomic E-state index is 12.9. The van der Waals surface area contributed by atoms with Crippen LogP contribution in [0.1, 0.15) is 16.0 Å². The molecule has 1 saturated heterocycles. The fourth-order valence-electron chi connectivity index (χ4n) is 2.94. The van der Waals surface area contributed by atoms with E-state index in [2.05, 4.69) is 4.98 Å². The van der Waals surface area contributed by atoms with Crippen LogP contribution in [0.5, 0.6) is 0 Å². The van der Waals surface area contributed by atoms with Gasteiger partial charge in [0.25, 0.3) is 0 Å². The van der Waals surface area contributed by atoms with E-state index in [9.17, 15) is 4.79 Å². The molecule has 1 aliphatic rings. The molecule has 0 aliphatic carbocycles. The van der Waals surface area contributed by atoms with Crippen molar-refractivity contribution in [2.45, 2.75) is 18.1 Å². The van der Waals surface area contributed by atoms with E-state index in [1.807, 2.05) is 48.5 Å². The van der Waals surface area contributed by atoms with Crippen molar-refractivity contribution in [3.63, 3.8) is 0 Å². The van der Waals surface area contributed by atoms with Crippen molar-refractivity contribution in [2.24, 2.45) is 0 Å². The van der Waals surface area contributed by atoms with E-state index in [0.29, 0.717) is 28.0 Å². The number of rotatable bonds is 5. The van der Waals surface area contributed by atoms with Gasteiger partial charge in [-0.25, -0.2) is 9.88 Å². The summed E-state index contributed by atoms with van der Waals surface area (Å²) >= 11 is 14.8. The van der Waals surface area contributed by atoms with Crippen molar-refractivity contribution in [3.8, 4) is 0 Å². The lowest BCUT2D eigenvalue weighted by Crippen LogP contribution is -2.32. The van der Waals surface area contributed by atoms with Crippen LogP contribution in [0.25, 0.3) is 0 Å². The van der Waals surface area contributed by atoms with Gasteiger partial charge in [-0.15, -0.1) is 11.3 Å². The average Bonchev–Trinajstić information content (AvgIpc) is 3.23. The maximum absolute atomic E-state index is 12.9. The van der Waals surface area contributed by atoms with Crippen molar-refractivity contribution < 1.29 is 4.79 Å². The first-order valence-electron chi connectivity index (χ1n) is 8.53. The fourth-order valence-corrected chi connectivity index (χ4v) is 5.32. The molecule has 2 heterocycles. The third-order valence-electron chi connectivity index (χ3n) is 4.34. The highest BCUT2D eigenvalue weighted by Gasteiger charge is 2.39. The van der Waals surface area contributed by atoms with Gasteiger partial charge < -0.3 is 0 Å². The molecular weight excluding hydrogens is 433 g/mol. The third kappa shape index (κ3) is 4.10. The van der Waals surface area contributed by atoms with Crippen LogP contribution in [-0.4, -0.2) is 21.3 Å². The quantitative estimate of drug-likeness (QED) is 0.548. The first kappa shape index (κ1) is 19.5. The molecule has 1 amide bonds. The topological polar surface area (TPSA) is 57.1 Å². The van der Waals surface area contributed by atoms with Crippen molar-refractivity contribution in [1.29, 1.82) is 5.41 Å². The molecule has 1 atom stereocenters. The molecule has 0 saturated carbocycles. The second-order valence-corrected chi connectivity index (χ2v) is 9.42. The molecule has 4 nitrogen and oxygen atoms in total. The molecule has 0 unspecified atom stereocenters. The third-order valence-corrected chi connectivity index (χ3v) is 7.00. The maximum Gasteiger partial charge on any atom is 0.248 e. The summed E-state index contributed by atoms with van der Waals surface area (Å²) in [7, 11) is 0. The Morgan fingerprint density at radius 2 is 1.86 bits per heavy atom. The zero-order valence-corrected chi connectivity index (χ0v) is 17.7. The van der Waals surface area contributed by atoms with Crippen LogP contribution in [0.4, 0.5) is 5.13 Å². The molecule has 8 heteroatoms. The number of nitrogens with one attached hydrogen (secondary N) is 1. The van der Waals surface area contributed by atoms with Crippen LogP contribution in [0, 0.1) is 5.41 Å². The van der Waals surface area contributed by atoms with Crippen LogP contribution in [0.2, 0.25) is 10.0 Å². The molecule has 1 fully saturated rings. The molecule has 0 spiro atoms. The second kappa shape index (κ2) is 8.25. The Labute approximate surface area is 181 Å². The smallest absolute Gasteiger partial charge is 0.248 e. The lowest BCUT2D eigenvalue weighted by molar-refractivity contribution is -0.116. The van der Waals surface area contributed by atoms with Crippen LogP contribution < -0.4 is 4.90 Å². The summed E-state index contributed by atoms with van der Waals surface area (Å²) in [5.41, 5.74) is 2.03. The van der Waals surface area contributed by atoms with Gasteiger partial charge in [0.15, 0.2) is 10.3 Å². The van der Waals surface area contributed by atoms with Gasteiger partial charge in [0.1, 0.15) is 0 Å². The monoisotopic (exact) mass is 447 g/mol. The van der Waals surface area contributed by atoms with E-state index in [4.69, 9.17) is 28.6 Å². The van der Waals surface area contributed by atoms with E-state index < -0.39 is 0 Å². The summed E-state index contributed by atoms with van der Waals surface area (Å²) in [4.78, 5) is 19.7. The summed E-state index contributed by atoms with van der Waals surface area (Å²) in [5, 5.41) is 9.98. The van der Waals surface area contributed by atoms with E-state index in [-0.39, 0.29) is 16.3 Å². The van der Waals surface area contributed by atoms with Gasteiger partial charge in [-0.1, -0.05) is 65.3 Å². The zero-order chi connectivity index (χ0) is 19.7. The Hall–Kier alpha value is -1.86. The van der Waals surface area contributed by atoms with Crippen molar-refractivity contribution in [3.05, 3.63) is 80.8 Å². The Bertz CT molecular complexity index is 1040. The molecule has 2 aromatic carbocycles. The number of hydrogen-bond donors (Lipinski definition) is 1. The molecule has 1 N–H and O–H groups in total. The first-order chi connectivity index (χ1) is 13.5. The Balaban J connectivity index is 1.49. The molecule has 1 aliphatic heterocycles. The largest absolute Gasteiger partial charge is 0.278 e. The molecule has 3 aromatic rings. The van der Waals surface area contributed by atoms with Crippen LogP contribution >= 0.6 is 46.3 Å². The molecule has 1 aromatic heterocycles. The summed E-state index contributed by atoms with van der Waals surface area (Å²) in [6.45, 7) is 0. The van der Waals surface area contributed by atoms with Gasteiger partial charge in [-0.3, -0.25) is 10.2 Å². The van der Waals surface area contributed by atoms with Crippen molar-refractivity contribution in [2.75, 3.05) is 4.90 Å². The normalized spacial score (nSPS) is 16.8. The number of anilines is 1. The average molecular weight is 448 g/mol. The van der Waals surface area contributed by atoms with E-state index in [0.717, 1.165) is 16.0 Å². The molecular formula is C20H15Cl2N3OS2. The second-order valence-electron chi connectivity index (χ2n) is 6.29. The number of benzene rings is 2. The van der Waals surface area contributed by atoms with Crippen LogP contribution in [-0.2, 0) is 17.6 Å². The number of carbonyl (C=O) groups excluding carboxylic acids is 1. The number of carbonyl (C=O) groups is 1. The van der Waals surface area contributed by atoms with Crippen LogP contribution in [0.3, 0.4) is 0 Å². The van der Waals surface area contributed by atoms with Gasteiger partial charge in [-0.05, 0) is 35.7 Å². The minimum atomic E-state index is -0.365. The number of aromatic nitrogens is 1. The highest BCUT2D eigenvalue weighted by molar-refractivity contribution is 8.16. The van der Waals surface area contributed by atoms with Crippen molar-refractivity contribution >= 4 is 62.5 Å². The zero-order valence-electron chi connectivity index (χ0n) is 14.6. The Kier molecular flexibility index (Phi) is 5.73. The Morgan fingerprint density at radius 1 is 1.11 bits per heavy atom.